The first-order chi connectivity index (χ1) is 9.33. The number of thiophene rings is 1. The topological polar surface area (TPSA) is 41.6 Å². The van der Waals surface area contributed by atoms with Crippen LogP contribution < -0.4 is 5.32 Å². The summed E-state index contributed by atoms with van der Waals surface area (Å²) < 4.78 is 5.68. The van der Waals surface area contributed by atoms with Gasteiger partial charge in [-0.1, -0.05) is 6.07 Å². The van der Waals surface area contributed by atoms with Crippen LogP contribution in [0.4, 0.5) is 0 Å². The van der Waals surface area contributed by atoms with Crippen molar-refractivity contribution in [2.45, 2.75) is 25.5 Å². The van der Waals surface area contributed by atoms with Crippen LogP contribution in [0.2, 0.25) is 0 Å². The molecule has 2 aliphatic rings. The SMILES string of the molecule is O=C(C1CNC1)N(Cc1cccs1)CC1CCCO1. The third-order valence-electron chi connectivity index (χ3n) is 3.82. The van der Waals surface area contributed by atoms with E-state index in [9.17, 15) is 4.79 Å². The fraction of sp³-hybridized carbons (Fsp3) is 0.643. The number of nitrogens with one attached hydrogen (secondary N) is 1. The number of hydrogen-bond donors (Lipinski definition) is 1. The van der Waals surface area contributed by atoms with Gasteiger partial charge in [-0.3, -0.25) is 4.79 Å². The molecule has 1 unspecified atom stereocenters. The number of ether oxygens (including phenoxy) is 1. The lowest BCUT2D eigenvalue weighted by Crippen LogP contribution is -2.52. The lowest BCUT2D eigenvalue weighted by Gasteiger charge is -2.33. The van der Waals surface area contributed by atoms with Gasteiger partial charge in [0.2, 0.25) is 5.91 Å². The van der Waals surface area contributed by atoms with Crippen molar-refractivity contribution in [1.29, 1.82) is 0 Å². The molecule has 0 aromatic carbocycles. The first-order valence-electron chi connectivity index (χ1n) is 6.96. The van der Waals surface area contributed by atoms with E-state index in [0.29, 0.717) is 0 Å². The summed E-state index contributed by atoms with van der Waals surface area (Å²) >= 11 is 1.71. The molecule has 0 spiro atoms. The Morgan fingerprint density at radius 3 is 3.00 bits per heavy atom. The average molecular weight is 280 g/mol. The van der Waals surface area contributed by atoms with Crippen LogP contribution in [0.25, 0.3) is 0 Å². The molecular weight excluding hydrogens is 260 g/mol. The van der Waals surface area contributed by atoms with Gasteiger partial charge < -0.3 is 15.0 Å². The van der Waals surface area contributed by atoms with E-state index >= 15 is 0 Å². The number of rotatable bonds is 5. The first-order valence-corrected chi connectivity index (χ1v) is 7.84. The van der Waals surface area contributed by atoms with Crippen molar-refractivity contribution in [2.75, 3.05) is 26.2 Å². The van der Waals surface area contributed by atoms with Gasteiger partial charge in [0, 0.05) is 31.1 Å². The minimum absolute atomic E-state index is 0.168. The molecule has 2 aliphatic heterocycles. The first kappa shape index (κ1) is 13.1. The Hall–Kier alpha value is -0.910. The van der Waals surface area contributed by atoms with E-state index in [0.717, 1.165) is 45.6 Å². The zero-order chi connectivity index (χ0) is 13.1. The zero-order valence-electron chi connectivity index (χ0n) is 11.0. The summed E-state index contributed by atoms with van der Waals surface area (Å²) in [6.07, 6.45) is 2.44. The summed E-state index contributed by atoms with van der Waals surface area (Å²) in [5.41, 5.74) is 0. The van der Waals surface area contributed by atoms with E-state index in [1.807, 2.05) is 11.0 Å². The molecule has 4 nitrogen and oxygen atoms in total. The normalized spacial score (nSPS) is 23.3. The van der Waals surface area contributed by atoms with Gasteiger partial charge in [0.15, 0.2) is 0 Å². The van der Waals surface area contributed by atoms with Gasteiger partial charge >= 0.3 is 0 Å². The number of carbonyl (C=O) groups is 1. The molecule has 1 atom stereocenters. The minimum atomic E-state index is 0.168. The Morgan fingerprint density at radius 1 is 1.53 bits per heavy atom. The van der Waals surface area contributed by atoms with Gasteiger partial charge in [0.25, 0.3) is 0 Å². The molecular formula is C14H20N2O2S. The third-order valence-corrected chi connectivity index (χ3v) is 4.68. The molecule has 1 aromatic heterocycles. The standard InChI is InChI=1S/C14H20N2O2S/c17-14(11-7-15-8-11)16(9-12-3-1-5-18-12)10-13-4-2-6-19-13/h2,4,6,11-12,15H,1,3,5,7-10H2. The molecule has 0 aliphatic carbocycles. The monoisotopic (exact) mass is 280 g/mol. The highest BCUT2D eigenvalue weighted by molar-refractivity contribution is 7.09. The Morgan fingerprint density at radius 2 is 2.42 bits per heavy atom. The van der Waals surface area contributed by atoms with Crippen molar-refractivity contribution in [3.8, 4) is 0 Å². The van der Waals surface area contributed by atoms with Crippen LogP contribution in [0.3, 0.4) is 0 Å². The van der Waals surface area contributed by atoms with Crippen molar-refractivity contribution < 1.29 is 9.53 Å². The van der Waals surface area contributed by atoms with Crippen molar-refractivity contribution >= 4 is 17.2 Å². The lowest BCUT2D eigenvalue weighted by molar-refractivity contribution is -0.139. The highest BCUT2D eigenvalue weighted by Crippen LogP contribution is 2.19. The lowest BCUT2D eigenvalue weighted by atomic mass is 10.0. The maximum absolute atomic E-state index is 12.5. The number of amides is 1. The Bertz CT molecular complexity index is 411. The van der Waals surface area contributed by atoms with Crippen LogP contribution in [0, 0.1) is 5.92 Å². The highest BCUT2D eigenvalue weighted by atomic mass is 32.1. The van der Waals surface area contributed by atoms with Gasteiger partial charge in [-0.15, -0.1) is 11.3 Å². The summed E-state index contributed by atoms with van der Waals surface area (Å²) in [5, 5.41) is 5.24. The molecule has 2 fully saturated rings. The number of nitrogens with zero attached hydrogens (tertiary/aromatic N) is 1. The molecule has 1 N–H and O–H groups in total. The molecule has 5 heteroatoms. The molecule has 0 saturated carbocycles. The Kier molecular flexibility index (Phi) is 4.15. The molecule has 0 bridgehead atoms. The van der Waals surface area contributed by atoms with Crippen molar-refractivity contribution in [2.24, 2.45) is 5.92 Å². The molecule has 1 aromatic rings. The van der Waals surface area contributed by atoms with E-state index < -0.39 is 0 Å². The summed E-state index contributed by atoms with van der Waals surface area (Å²) in [6, 6.07) is 4.14. The van der Waals surface area contributed by atoms with Crippen LogP contribution in [-0.2, 0) is 16.1 Å². The Labute approximate surface area is 117 Å². The fourth-order valence-electron chi connectivity index (χ4n) is 2.58. The fourth-order valence-corrected chi connectivity index (χ4v) is 3.30. The van der Waals surface area contributed by atoms with E-state index in [-0.39, 0.29) is 17.9 Å². The summed E-state index contributed by atoms with van der Waals surface area (Å²) in [7, 11) is 0. The summed E-state index contributed by atoms with van der Waals surface area (Å²) in [4.78, 5) is 15.7. The molecule has 0 radical (unpaired) electrons. The quantitative estimate of drug-likeness (QED) is 0.888. The average Bonchev–Trinajstić information content (AvgIpc) is 2.98. The van der Waals surface area contributed by atoms with Gasteiger partial charge in [0.1, 0.15) is 0 Å². The summed E-state index contributed by atoms with van der Waals surface area (Å²) in [6.45, 7) is 3.97. The van der Waals surface area contributed by atoms with E-state index in [1.54, 1.807) is 11.3 Å². The van der Waals surface area contributed by atoms with Crippen molar-refractivity contribution in [1.82, 2.24) is 10.2 Å². The van der Waals surface area contributed by atoms with Crippen LogP contribution in [0.15, 0.2) is 17.5 Å². The molecule has 1 amide bonds. The smallest absolute Gasteiger partial charge is 0.228 e. The maximum Gasteiger partial charge on any atom is 0.228 e. The second kappa shape index (κ2) is 6.03. The second-order valence-electron chi connectivity index (χ2n) is 5.29. The van der Waals surface area contributed by atoms with E-state index in [4.69, 9.17) is 4.74 Å². The molecule has 104 valence electrons. The zero-order valence-corrected chi connectivity index (χ0v) is 11.8. The van der Waals surface area contributed by atoms with E-state index in [2.05, 4.69) is 16.8 Å². The predicted molar refractivity (Wildman–Crippen MR) is 75.1 cm³/mol. The van der Waals surface area contributed by atoms with Gasteiger partial charge in [-0.25, -0.2) is 0 Å². The van der Waals surface area contributed by atoms with Gasteiger partial charge in [-0.2, -0.15) is 0 Å². The highest BCUT2D eigenvalue weighted by Gasteiger charge is 2.31. The van der Waals surface area contributed by atoms with E-state index in [1.165, 1.54) is 4.88 Å². The predicted octanol–water partition coefficient (Wildman–Crippen LogP) is 1.48. The van der Waals surface area contributed by atoms with Crippen LogP contribution in [-0.4, -0.2) is 43.2 Å². The number of hydrogen-bond acceptors (Lipinski definition) is 4. The van der Waals surface area contributed by atoms with Gasteiger partial charge in [-0.05, 0) is 24.3 Å². The molecule has 2 saturated heterocycles. The molecule has 3 heterocycles. The van der Waals surface area contributed by atoms with Crippen molar-refractivity contribution in [3.05, 3.63) is 22.4 Å². The van der Waals surface area contributed by atoms with Crippen LogP contribution >= 0.6 is 11.3 Å². The van der Waals surface area contributed by atoms with Crippen molar-refractivity contribution in [3.63, 3.8) is 0 Å². The summed E-state index contributed by atoms with van der Waals surface area (Å²) in [5.74, 6) is 0.448. The Balaban J connectivity index is 1.64. The minimum Gasteiger partial charge on any atom is -0.376 e. The van der Waals surface area contributed by atoms with Gasteiger partial charge in [0.05, 0.1) is 18.6 Å². The van der Waals surface area contributed by atoms with Crippen LogP contribution in [0.1, 0.15) is 17.7 Å². The maximum atomic E-state index is 12.5. The second-order valence-corrected chi connectivity index (χ2v) is 6.32. The number of carbonyl (C=O) groups excluding carboxylic acids is 1. The molecule has 19 heavy (non-hydrogen) atoms. The largest absolute Gasteiger partial charge is 0.376 e. The van der Waals surface area contributed by atoms with Crippen LogP contribution in [0.5, 0.6) is 0 Å². The molecule has 3 rings (SSSR count). The third kappa shape index (κ3) is 3.16.